The van der Waals surface area contributed by atoms with Gasteiger partial charge in [0, 0.05) is 25.7 Å². The van der Waals surface area contributed by atoms with Crippen LogP contribution in [0, 0.1) is 12.7 Å². The van der Waals surface area contributed by atoms with E-state index in [4.69, 9.17) is 0 Å². The largest absolute Gasteiger partial charge is 0.352 e. The van der Waals surface area contributed by atoms with Crippen LogP contribution in [0.5, 0.6) is 0 Å². The highest BCUT2D eigenvalue weighted by molar-refractivity contribution is 7.89. The molecule has 0 unspecified atom stereocenters. The topological polar surface area (TPSA) is 66.5 Å². The van der Waals surface area contributed by atoms with Crippen LogP contribution in [0.1, 0.15) is 29.3 Å². The maximum atomic E-state index is 13.1. The molecule has 0 atom stereocenters. The van der Waals surface area contributed by atoms with Crippen molar-refractivity contribution in [3.8, 4) is 0 Å². The maximum absolute atomic E-state index is 13.1. The normalized spacial score (nSPS) is 11.7. The SMILES string of the molecule is CCS(=O)(=O)N(C)CCCNC(=O)c1ccc(F)c(C)c1. The number of sulfonamides is 1. The number of hydrogen-bond acceptors (Lipinski definition) is 3. The average Bonchev–Trinajstić information content (AvgIpc) is 2.45. The van der Waals surface area contributed by atoms with Gasteiger partial charge >= 0.3 is 0 Å². The Labute approximate surface area is 125 Å². The fraction of sp³-hybridized carbons (Fsp3) is 0.500. The Morgan fingerprint density at radius 2 is 2.05 bits per heavy atom. The first kappa shape index (κ1) is 17.6. The van der Waals surface area contributed by atoms with Crippen molar-refractivity contribution < 1.29 is 17.6 Å². The number of benzene rings is 1. The molecule has 0 spiro atoms. The quantitative estimate of drug-likeness (QED) is 0.776. The van der Waals surface area contributed by atoms with E-state index in [2.05, 4.69) is 5.32 Å². The van der Waals surface area contributed by atoms with Crippen molar-refractivity contribution in [3.05, 3.63) is 35.1 Å². The number of rotatable bonds is 7. The van der Waals surface area contributed by atoms with Crippen LogP contribution in [-0.2, 0) is 10.0 Å². The zero-order chi connectivity index (χ0) is 16.0. The monoisotopic (exact) mass is 316 g/mol. The van der Waals surface area contributed by atoms with E-state index in [1.807, 2.05) is 0 Å². The van der Waals surface area contributed by atoms with E-state index < -0.39 is 10.0 Å². The standard InChI is InChI=1S/C14H21FN2O3S/c1-4-21(19,20)17(3)9-5-8-16-14(18)12-6-7-13(15)11(2)10-12/h6-7,10H,4-5,8-9H2,1-3H3,(H,16,18). The number of nitrogens with one attached hydrogen (secondary N) is 1. The van der Waals surface area contributed by atoms with Gasteiger partial charge in [0.2, 0.25) is 10.0 Å². The molecule has 0 radical (unpaired) electrons. The summed E-state index contributed by atoms with van der Waals surface area (Å²) in [5.41, 5.74) is 0.805. The van der Waals surface area contributed by atoms with E-state index in [0.29, 0.717) is 30.6 Å². The zero-order valence-electron chi connectivity index (χ0n) is 12.5. The second-order valence-electron chi connectivity index (χ2n) is 4.80. The van der Waals surface area contributed by atoms with E-state index in [9.17, 15) is 17.6 Å². The molecule has 118 valence electrons. The average molecular weight is 316 g/mol. The summed E-state index contributed by atoms with van der Waals surface area (Å²) in [6.07, 6.45) is 0.516. The van der Waals surface area contributed by atoms with Crippen molar-refractivity contribution in [2.45, 2.75) is 20.3 Å². The van der Waals surface area contributed by atoms with Crippen LogP contribution in [-0.4, -0.2) is 44.5 Å². The third-order valence-corrected chi connectivity index (χ3v) is 5.06. The second-order valence-corrected chi connectivity index (χ2v) is 7.16. The van der Waals surface area contributed by atoms with Crippen LogP contribution in [0.4, 0.5) is 4.39 Å². The Morgan fingerprint density at radius 1 is 1.38 bits per heavy atom. The number of nitrogens with zero attached hydrogens (tertiary/aromatic N) is 1. The molecular formula is C14H21FN2O3S. The fourth-order valence-electron chi connectivity index (χ4n) is 1.75. The number of carbonyl (C=O) groups excluding carboxylic acids is 1. The molecule has 21 heavy (non-hydrogen) atoms. The molecule has 1 aromatic carbocycles. The molecule has 0 aliphatic carbocycles. The minimum Gasteiger partial charge on any atom is -0.352 e. The molecule has 0 heterocycles. The number of halogens is 1. The Hall–Kier alpha value is -1.47. The van der Waals surface area contributed by atoms with E-state index in [0.717, 1.165) is 0 Å². The summed E-state index contributed by atoms with van der Waals surface area (Å²) in [5.74, 6) is -0.581. The second kappa shape index (κ2) is 7.51. The van der Waals surface area contributed by atoms with Crippen molar-refractivity contribution in [1.29, 1.82) is 0 Å². The summed E-state index contributed by atoms with van der Waals surface area (Å²) in [4.78, 5) is 11.8. The molecule has 0 saturated heterocycles. The molecule has 1 rings (SSSR count). The summed E-state index contributed by atoms with van der Waals surface area (Å²) >= 11 is 0. The highest BCUT2D eigenvalue weighted by atomic mass is 32.2. The third kappa shape index (κ3) is 5.09. The Kier molecular flexibility index (Phi) is 6.29. The molecule has 0 aliphatic rings. The van der Waals surface area contributed by atoms with Gasteiger partial charge in [-0.1, -0.05) is 0 Å². The van der Waals surface area contributed by atoms with E-state index in [-0.39, 0.29) is 17.5 Å². The van der Waals surface area contributed by atoms with Crippen molar-refractivity contribution >= 4 is 15.9 Å². The minimum atomic E-state index is -3.18. The summed E-state index contributed by atoms with van der Waals surface area (Å²) < 4.78 is 37.4. The third-order valence-electron chi connectivity index (χ3n) is 3.20. The number of hydrogen-bond donors (Lipinski definition) is 1. The van der Waals surface area contributed by atoms with Gasteiger partial charge in [-0.25, -0.2) is 17.1 Å². The van der Waals surface area contributed by atoms with Crippen LogP contribution in [0.25, 0.3) is 0 Å². The molecular weight excluding hydrogens is 295 g/mol. The van der Waals surface area contributed by atoms with Crippen molar-refractivity contribution in [1.82, 2.24) is 9.62 Å². The summed E-state index contributed by atoms with van der Waals surface area (Å²) in [6.45, 7) is 3.89. The summed E-state index contributed by atoms with van der Waals surface area (Å²) in [5, 5.41) is 2.69. The van der Waals surface area contributed by atoms with Gasteiger partial charge in [-0.3, -0.25) is 4.79 Å². The van der Waals surface area contributed by atoms with Gasteiger partial charge in [0.05, 0.1) is 5.75 Å². The minimum absolute atomic E-state index is 0.0602. The zero-order valence-corrected chi connectivity index (χ0v) is 13.3. The molecule has 0 saturated carbocycles. The lowest BCUT2D eigenvalue weighted by atomic mass is 10.1. The Bertz CT molecular complexity index is 602. The van der Waals surface area contributed by atoms with Crippen LogP contribution >= 0.6 is 0 Å². The molecule has 0 aliphatic heterocycles. The van der Waals surface area contributed by atoms with Gasteiger partial charge in [-0.05, 0) is 44.0 Å². The van der Waals surface area contributed by atoms with Crippen LogP contribution in [0.2, 0.25) is 0 Å². The number of aryl methyl sites for hydroxylation is 1. The molecule has 7 heteroatoms. The molecule has 0 bridgehead atoms. The van der Waals surface area contributed by atoms with Crippen molar-refractivity contribution in [3.63, 3.8) is 0 Å². The molecule has 1 aromatic rings. The number of amides is 1. The maximum Gasteiger partial charge on any atom is 0.251 e. The van der Waals surface area contributed by atoms with Crippen LogP contribution in [0.3, 0.4) is 0 Å². The first-order valence-electron chi connectivity index (χ1n) is 6.76. The van der Waals surface area contributed by atoms with Gasteiger partial charge in [0.25, 0.3) is 5.91 Å². The molecule has 0 aromatic heterocycles. The highest BCUT2D eigenvalue weighted by Crippen LogP contribution is 2.09. The summed E-state index contributed by atoms with van der Waals surface area (Å²) in [7, 11) is -1.66. The van der Waals surface area contributed by atoms with Gasteiger partial charge in [0.15, 0.2) is 0 Å². The number of carbonyl (C=O) groups is 1. The van der Waals surface area contributed by atoms with Crippen LogP contribution in [0.15, 0.2) is 18.2 Å². The van der Waals surface area contributed by atoms with Crippen LogP contribution < -0.4 is 5.32 Å². The van der Waals surface area contributed by atoms with Crippen molar-refractivity contribution in [2.75, 3.05) is 25.9 Å². The summed E-state index contributed by atoms with van der Waals surface area (Å²) in [6, 6.07) is 4.16. The van der Waals surface area contributed by atoms with E-state index in [1.165, 1.54) is 29.6 Å². The van der Waals surface area contributed by atoms with Gasteiger partial charge in [-0.2, -0.15) is 0 Å². The first-order chi connectivity index (χ1) is 9.77. The predicted molar refractivity (Wildman–Crippen MR) is 80.2 cm³/mol. The highest BCUT2D eigenvalue weighted by Gasteiger charge is 2.14. The Balaban J connectivity index is 2.42. The van der Waals surface area contributed by atoms with Crippen molar-refractivity contribution in [2.24, 2.45) is 0 Å². The van der Waals surface area contributed by atoms with Gasteiger partial charge in [0.1, 0.15) is 5.82 Å². The van der Waals surface area contributed by atoms with E-state index in [1.54, 1.807) is 13.8 Å². The molecule has 5 nitrogen and oxygen atoms in total. The first-order valence-corrected chi connectivity index (χ1v) is 8.37. The fourth-order valence-corrected chi connectivity index (χ4v) is 2.60. The smallest absolute Gasteiger partial charge is 0.251 e. The lowest BCUT2D eigenvalue weighted by molar-refractivity contribution is 0.0952. The van der Waals surface area contributed by atoms with E-state index >= 15 is 0 Å². The molecule has 0 fully saturated rings. The lowest BCUT2D eigenvalue weighted by Crippen LogP contribution is -2.32. The predicted octanol–water partition coefficient (Wildman–Crippen LogP) is 1.54. The molecule has 1 amide bonds. The lowest BCUT2D eigenvalue weighted by Gasteiger charge is -2.15. The molecule has 1 N–H and O–H groups in total. The van der Waals surface area contributed by atoms with Gasteiger partial charge in [-0.15, -0.1) is 0 Å². The Morgan fingerprint density at radius 3 is 2.62 bits per heavy atom. The van der Waals surface area contributed by atoms with Gasteiger partial charge < -0.3 is 5.32 Å².